The molecule has 0 radical (unpaired) electrons. The lowest BCUT2D eigenvalue weighted by Gasteiger charge is -2.36. The van der Waals surface area contributed by atoms with Crippen molar-refractivity contribution in [3.8, 4) is 0 Å². The molecule has 3 heteroatoms. The van der Waals surface area contributed by atoms with E-state index in [-0.39, 0.29) is 0 Å². The Labute approximate surface area is 124 Å². The fraction of sp³-hybridized carbons (Fsp3) is 0.294. The molecule has 1 atom stereocenters. The second-order valence-corrected chi connectivity index (χ2v) is 14.1. The summed E-state index contributed by atoms with van der Waals surface area (Å²) in [5, 5.41) is 2.78. The topological polar surface area (TPSA) is 9.23 Å². The zero-order valence-electron chi connectivity index (χ0n) is 12.9. The first-order chi connectivity index (χ1) is 9.48. The molecule has 0 aliphatic carbocycles. The molecule has 0 fully saturated rings. The highest BCUT2D eigenvalue weighted by Gasteiger charge is 2.37. The molecule has 2 rings (SSSR count). The van der Waals surface area contributed by atoms with Crippen LogP contribution < -0.4 is 10.4 Å². The van der Waals surface area contributed by atoms with Crippen LogP contribution in [0.4, 0.5) is 0 Å². The van der Waals surface area contributed by atoms with Crippen LogP contribution in [0.2, 0.25) is 25.7 Å². The first-order valence-electron chi connectivity index (χ1n) is 7.29. The summed E-state index contributed by atoms with van der Waals surface area (Å²) >= 11 is 0. The van der Waals surface area contributed by atoms with Gasteiger partial charge in [-0.1, -0.05) is 67.6 Å². The highest BCUT2D eigenvalue weighted by atomic mass is 28.4. The van der Waals surface area contributed by atoms with Crippen molar-refractivity contribution in [3.05, 3.63) is 60.7 Å². The minimum Gasteiger partial charge on any atom is -0.449 e. The van der Waals surface area contributed by atoms with Crippen molar-refractivity contribution in [1.82, 2.24) is 0 Å². The van der Waals surface area contributed by atoms with Crippen molar-refractivity contribution in [3.63, 3.8) is 0 Å². The third-order valence-electron chi connectivity index (χ3n) is 4.01. The van der Waals surface area contributed by atoms with Crippen molar-refractivity contribution in [2.45, 2.75) is 32.6 Å². The molecule has 0 aliphatic heterocycles. The van der Waals surface area contributed by atoms with Gasteiger partial charge < -0.3 is 4.12 Å². The standard InChI is InChI=1S/C17H24OSi2/c1-5-20(4,17-14-10-7-11-15-17)18-19(2,3)16-12-8-6-9-13-16/h6-15H,5H2,1-4H3. The highest BCUT2D eigenvalue weighted by molar-refractivity contribution is 6.97. The van der Waals surface area contributed by atoms with Crippen molar-refractivity contribution in [2.75, 3.05) is 0 Å². The minimum absolute atomic E-state index is 1.11. The highest BCUT2D eigenvalue weighted by Crippen LogP contribution is 2.18. The van der Waals surface area contributed by atoms with Gasteiger partial charge in [-0.05, 0) is 36.1 Å². The van der Waals surface area contributed by atoms with Gasteiger partial charge in [-0.2, -0.15) is 0 Å². The van der Waals surface area contributed by atoms with E-state index in [1.54, 1.807) is 0 Å². The summed E-state index contributed by atoms with van der Waals surface area (Å²) in [4.78, 5) is 0. The van der Waals surface area contributed by atoms with Crippen LogP contribution in [-0.2, 0) is 4.12 Å². The first kappa shape index (κ1) is 15.2. The summed E-state index contributed by atoms with van der Waals surface area (Å²) < 4.78 is 6.82. The van der Waals surface area contributed by atoms with Gasteiger partial charge in [-0.25, -0.2) is 0 Å². The molecule has 2 aromatic carbocycles. The minimum atomic E-state index is -1.86. The summed E-state index contributed by atoms with van der Waals surface area (Å²) in [6.07, 6.45) is 0. The molecular weight excluding hydrogens is 276 g/mol. The van der Waals surface area contributed by atoms with E-state index in [0.717, 1.165) is 6.04 Å². The van der Waals surface area contributed by atoms with Gasteiger partial charge in [0, 0.05) is 0 Å². The molecule has 0 amide bonds. The predicted molar refractivity (Wildman–Crippen MR) is 92.8 cm³/mol. The molecule has 20 heavy (non-hydrogen) atoms. The van der Waals surface area contributed by atoms with Gasteiger partial charge in [0.15, 0.2) is 0 Å². The lowest BCUT2D eigenvalue weighted by Crippen LogP contribution is -2.58. The molecule has 1 unspecified atom stereocenters. The van der Waals surface area contributed by atoms with E-state index in [1.165, 1.54) is 10.4 Å². The van der Waals surface area contributed by atoms with Gasteiger partial charge in [0.2, 0.25) is 16.6 Å². The lowest BCUT2D eigenvalue weighted by molar-refractivity contribution is 0.565. The van der Waals surface area contributed by atoms with Crippen LogP contribution in [-0.4, -0.2) is 16.6 Å². The molecule has 0 aromatic heterocycles. The maximum atomic E-state index is 6.82. The zero-order chi connectivity index (χ0) is 14.6. The Bertz CT molecular complexity index is 539. The van der Waals surface area contributed by atoms with Gasteiger partial charge in [0.25, 0.3) is 0 Å². The van der Waals surface area contributed by atoms with Gasteiger partial charge in [-0.15, -0.1) is 0 Å². The summed E-state index contributed by atoms with van der Waals surface area (Å²) in [6.45, 7) is 9.23. The average molecular weight is 301 g/mol. The Morgan fingerprint density at radius 2 is 1.20 bits per heavy atom. The van der Waals surface area contributed by atoms with Crippen LogP contribution in [0.3, 0.4) is 0 Å². The number of hydrogen-bond acceptors (Lipinski definition) is 1. The average Bonchev–Trinajstić information content (AvgIpc) is 2.48. The SMILES string of the molecule is CC[Si](C)(O[Si](C)(C)c1ccccc1)c1ccccc1. The van der Waals surface area contributed by atoms with Crippen LogP contribution >= 0.6 is 0 Å². The van der Waals surface area contributed by atoms with Crippen LogP contribution in [0.1, 0.15) is 6.92 Å². The summed E-state index contributed by atoms with van der Waals surface area (Å²) in [5.74, 6) is 0. The Kier molecular flexibility index (Phi) is 4.63. The molecule has 0 saturated carbocycles. The molecule has 2 aromatic rings. The molecule has 0 spiro atoms. The molecule has 0 N–H and O–H groups in total. The van der Waals surface area contributed by atoms with E-state index in [1.807, 2.05) is 0 Å². The first-order valence-corrected chi connectivity index (χ1v) is 12.8. The quantitative estimate of drug-likeness (QED) is 0.766. The monoisotopic (exact) mass is 300 g/mol. The van der Waals surface area contributed by atoms with Crippen LogP contribution in [0.15, 0.2) is 60.7 Å². The molecule has 0 saturated heterocycles. The van der Waals surface area contributed by atoms with E-state index in [0.29, 0.717) is 0 Å². The zero-order valence-corrected chi connectivity index (χ0v) is 14.9. The fourth-order valence-corrected chi connectivity index (χ4v) is 10.9. The van der Waals surface area contributed by atoms with Crippen molar-refractivity contribution in [2.24, 2.45) is 0 Å². The van der Waals surface area contributed by atoms with Gasteiger partial charge in [0.05, 0.1) is 0 Å². The van der Waals surface area contributed by atoms with E-state index in [2.05, 4.69) is 87.2 Å². The number of rotatable bonds is 5. The van der Waals surface area contributed by atoms with Crippen molar-refractivity contribution >= 4 is 27.0 Å². The molecule has 0 aliphatic rings. The molecule has 0 bridgehead atoms. The number of benzene rings is 2. The summed E-state index contributed by atoms with van der Waals surface area (Å²) in [5.41, 5.74) is 0. The normalized spacial score (nSPS) is 14.8. The third kappa shape index (κ3) is 3.29. The van der Waals surface area contributed by atoms with Crippen molar-refractivity contribution < 1.29 is 4.12 Å². The van der Waals surface area contributed by atoms with Gasteiger partial charge in [-0.3, -0.25) is 0 Å². The Hall–Kier alpha value is -1.17. The maximum Gasteiger partial charge on any atom is 0.209 e. The largest absolute Gasteiger partial charge is 0.449 e. The Balaban J connectivity index is 2.30. The third-order valence-corrected chi connectivity index (χ3v) is 12.5. The van der Waals surface area contributed by atoms with Crippen molar-refractivity contribution in [1.29, 1.82) is 0 Å². The van der Waals surface area contributed by atoms with Crippen LogP contribution in [0.5, 0.6) is 0 Å². The second-order valence-electron chi connectivity index (χ2n) is 5.93. The van der Waals surface area contributed by atoms with Gasteiger partial charge >= 0.3 is 0 Å². The smallest absolute Gasteiger partial charge is 0.209 e. The second kappa shape index (κ2) is 6.08. The molecule has 0 heterocycles. The van der Waals surface area contributed by atoms with Gasteiger partial charge in [0.1, 0.15) is 0 Å². The van der Waals surface area contributed by atoms with Crippen LogP contribution in [0.25, 0.3) is 0 Å². The van der Waals surface area contributed by atoms with E-state index >= 15 is 0 Å². The molecule has 106 valence electrons. The fourth-order valence-electron chi connectivity index (χ4n) is 2.59. The van der Waals surface area contributed by atoms with E-state index < -0.39 is 16.6 Å². The maximum absolute atomic E-state index is 6.82. The number of hydrogen-bond donors (Lipinski definition) is 0. The molecule has 1 nitrogen and oxygen atoms in total. The summed E-state index contributed by atoms with van der Waals surface area (Å²) in [7, 11) is -3.71. The van der Waals surface area contributed by atoms with Crippen LogP contribution in [0, 0.1) is 0 Å². The molecular formula is C17H24OSi2. The predicted octanol–water partition coefficient (Wildman–Crippen LogP) is 3.62. The Morgan fingerprint density at radius 3 is 1.65 bits per heavy atom. The lowest BCUT2D eigenvalue weighted by atomic mass is 10.4. The van der Waals surface area contributed by atoms with E-state index in [9.17, 15) is 0 Å². The summed E-state index contributed by atoms with van der Waals surface area (Å²) in [6, 6.07) is 22.6. The Morgan fingerprint density at radius 1 is 0.750 bits per heavy atom. The van der Waals surface area contributed by atoms with E-state index in [4.69, 9.17) is 4.12 Å².